The van der Waals surface area contributed by atoms with Crippen LogP contribution >= 0.6 is 0 Å². The number of amides is 2. The molecule has 6 rings (SSSR count). The zero-order valence-corrected chi connectivity index (χ0v) is 24.4. The minimum atomic E-state index is -0.282. The van der Waals surface area contributed by atoms with Crippen LogP contribution in [0, 0.1) is 11.6 Å². The van der Waals surface area contributed by atoms with Gasteiger partial charge in [-0.2, -0.15) is 0 Å². The Hall–Kier alpha value is -4.60. The van der Waals surface area contributed by atoms with Gasteiger partial charge >= 0.3 is 0 Å². The van der Waals surface area contributed by atoms with Gasteiger partial charge in [0.1, 0.15) is 42.8 Å². The summed E-state index contributed by atoms with van der Waals surface area (Å²) in [4.78, 5) is 27.6. The highest BCUT2D eigenvalue weighted by Crippen LogP contribution is 2.26. The Balaban J connectivity index is 0.000000175. The molecule has 2 amide bonds. The highest BCUT2D eigenvalue weighted by Gasteiger charge is 2.28. The second-order valence-corrected chi connectivity index (χ2v) is 10.6. The number of halogens is 2. The van der Waals surface area contributed by atoms with Crippen molar-refractivity contribution < 1.29 is 32.6 Å². The average Bonchev–Trinajstić information content (AvgIpc) is 3.05. The van der Waals surface area contributed by atoms with Crippen LogP contribution in [0.15, 0.2) is 103 Å². The van der Waals surface area contributed by atoms with Crippen LogP contribution in [-0.2, 0) is 32.2 Å². The van der Waals surface area contributed by atoms with Crippen molar-refractivity contribution in [1.82, 2.24) is 9.80 Å². The fraction of sp³-hybridized carbons (Fsp3) is 0.257. The summed E-state index contributed by atoms with van der Waals surface area (Å²) in [5.74, 6) is 0.171. The summed E-state index contributed by atoms with van der Waals surface area (Å²) in [5.41, 5.74) is 3.88. The molecule has 0 radical (unpaired) electrons. The van der Waals surface area contributed by atoms with Crippen molar-refractivity contribution in [3.05, 3.63) is 137 Å². The molecule has 7 nitrogen and oxygen atoms in total. The molecule has 2 atom stereocenters. The van der Waals surface area contributed by atoms with Crippen LogP contribution in [-0.4, -0.2) is 55.0 Å². The van der Waals surface area contributed by atoms with Gasteiger partial charge in [-0.3, -0.25) is 9.59 Å². The van der Waals surface area contributed by atoms with Crippen LogP contribution in [0.4, 0.5) is 8.78 Å². The van der Waals surface area contributed by atoms with E-state index in [0.29, 0.717) is 26.2 Å². The van der Waals surface area contributed by atoms with Crippen LogP contribution in [0.25, 0.3) is 0 Å². The number of hydrogen-bond donors (Lipinski definition) is 0. The predicted molar refractivity (Wildman–Crippen MR) is 160 cm³/mol. The molecule has 0 bridgehead atoms. The number of morpholine rings is 2. The first-order valence-electron chi connectivity index (χ1n) is 14.3. The van der Waals surface area contributed by atoms with Crippen LogP contribution in [0.5, 0.6) is 5.75 Å². The minimum absolute atomic E-state index is 0.0165. The predicted octanol–water partition coefficient (Wildman–Crippen LogP) is 5.86. The van der Waals surface area contributed by atoms with E-state index in [1.807, 2.05) is 54.6 Å². The Bertz CT molecular complexity index is 1520. The monoisotopic (exact) mass is 600 g/mol. The van der Waals surface area contributed by atoms with E-state index >= 15 is 0 Å². The van der Waals surface area contributed by atoms with E-state index in [-0.39, 0.29) is 48.9 Å². The van der Waals surface area contributed by atoms with Crippen LogP contribution in [0.3, 0.4) is 0 Å². The van der Waals surface area contributed by atoms with Gasteiger partial charge in [0, 0.05) is 13.1 Å². The van der Waals surface area contributed by atoms with Crippen molar-refractivity contribution >= 4 is 11.8 Å². The number of nitrogens with zero attached hydrogens (tertiary/aromatic N) is 2. The maximum atomic E-state index is 13.0. The summed E-state index contributed by atoms with van der Waals surface area (Å²) in [6.45, 7) is 2.13. The maximum absolute atomic E-state index is 13.0. The summed E-state index contributed by atoms with van der Waals surface area (Å²) < 4.78 is 42.3. The molecule has 2 fully saturated rings. The number of ether oxygens (including phenoxy) is 3. The fourth-order valence-corrected chi connectivity index (χ4v) is 5.05. The Labute approximate surface area is 255 Å². The van der Waals surface area contributed by atoms with E-state index in [9.17, 15) is 18.4 Å². The number of benzene rings is 4. The topological polar surface area (TPSA) is 68.3 Å². The first-order valence-corrected chi connectivity index (χ1v) is 14.3. The normalized spacial score (nSPS) is 18.4. The number of rotatable bonds is 7. The molecule has 2 aliphatic rings. The molecule has 2 heterocycles. The Morgan fingerprint density at radius 1 is 0.636 bits per heavy atom. The van der Waals surface area contributed by atoms with Crippen molar-refractivity contribution in [1.29, 1.82) is 0 Å². The molecule has 0 spiro atoms. The van der Waals surface area contributed by atoms with Crippen molar-refractivity contribution in [2.75, 3.05) is 33.4 Å². The molecule has 0 aromatic heterocycles. The second kappa shape index (κ2) is 14.7. The number of hydrogen-bond acceptors (Lipinski definition) is 5. The van der Waals surface area contributed by atoms with E-state index < -0.39 is 0 Å². The molecule has 0 aliphatic carbocycles. The number of methoxy groups -OCH3 is 1. The SMILES string of the molecule is COc1ccc(CN2C[C@@H](c3ccc(F)cc3)OCC2=O)cc1.O=C1CO[C@H](c2ccc(F)cc2)CN1Cc1ccccc1. The smallest absolute Gasteiger partial charge is 0.249 e. The van der Waals surface area contributed by atoms with Gasteiger partial charge in [-0.1, -0.05) is 66.7 Å². The van der Waals surface area contributed by atoms with E-state index in [2.05, 4.69) is 0 Å². The lowest BCUT2D eigenvalue weighted by Crippen LogP contribution is -2.42. The first kappa shape index (κ1) is 30.8. The molecular weight excluding hydrogens is 566 g/mol. The first-order chi connectivity index (χ1) is 21.4. The summed E-state index contributed by atoms with van der Waals surface area (Å²) in [5, 5.41) is 0. The third-order valence-electron chi connectivity index (χ3n) is 7.53. The van der Waals surface area contributed by atoms with E-state index in [0.717, 1.165) is 28.0 Å². The second-order valence-electron chi connectivity index (χ2n) is 10.6. The lowest BCUT2D eigenvalue weighted by Gasteiger charge is -2.33. The van der Waals surface area contributed by atoms with Crippen LogP contribution < -0.4 is 4.74 Å². The Morgan fingerprint density at radius 3 is 1.50 bits per heavy atom. The molecule has 228 valence electrons. The van der Waals surface area contributed by atoms with Crippen LogP contribution in [0.2, 0.25) is 0 Å². The molecule has 44 heavy (non-hydrogen) atoms. The van der Waals surface area contributed by atoms with E-state index in [1.165, 1.54) is 24.3 Å². The molecule has 0 N–H and O–H groups in total. The molecule has 0 saturated carbocycles. The summed E-state index contributed by atoms with van der Waals surface area (Å²) >= 11 is 0. The largest absolute Gasteiger partial charge is 0.497 e. The van der Waals surface area contributed by atoms with E-state index in [1.54, 1.807) is 41.2 Å². The molecule has 4 aromatic carbocycles. The molecule has 2 aliphatic heterocycles. The van der Waals surface area contributed by atoms with Gasteiger partial charge < -0.3 is 24.0 Å². The van der Waals surface area contributed by atoms with Gasteiger partial charge in [0.15, 0.2) is 0 Å². The molecule has 4 aromatic rings. The minimum Gasteiger partial charge on any atom is -0.497 e. The van der Waals surface area contributed by atoms with Crippen molar-refractivity contribution in [2.45, 2.75) is 25.3 Å². The van der Waals surface area contributed by atoms with Gasteiger partial charge in [-0.15, -0.1) is 0 Å². The van der Waals surface area contributed by atoms with E-state index in [4.69, 9.17) is 14.2 Å². The quantitative estimate of drug-likeness (QED) is 0.266. The van der Waals surface area contributed by atoms with Gasteiger partial charge in [0.2, 0.25) is 11.8 Å². The van der Waals surface area contributed by atoms with Gasteiger partial charge in [-0.05, 0) is 58.7 Å². The molecule has 2 saturated heterocycles. The van der Waals surface area contributed by atoms with Crippen LogP contribution in [0.1, 0.15) is 34.5 Å². The molecule has 9 heteroatoms. The molecular formula is C35H34F2N2O5. The van der Waals surface area contributed by atoms with Gasteiger partial charge in [-0.25, -0.2) is 8.78 Å². The Kier molecular flexibility index (Phi) is 10.3. The zero-order chi connectivity index (χ0) is 30.9. The van der Waals surface area contributed by atoms with Crippen molar-refractivity contribution in [2.24, 2.45) is 0 Å². The maximum Gasteiger partial charge on any atom is 0.249 e. The van der Waals surface area contributed by atoms with Gasteiger partial charge in [0.25, 0.3) is 0 Å². The summed E-state index contributed by atoms with van der Waals surface area (Å²) in [7, 11) is 1.62. The average molecular weight is 601 g/mol. The number of carbonyl (C=O) groups is 2. The standard InChI is InChI=1S/C18H18FNO3.C17H16FNO2/c1-22-16-8-2-13(3-9-16)10-20-11-17(23-12-18(20)21)14-4-6-15(19)7-5-14;18-15-8-6-14(7-9-15)16-11-19(17(20)12-21-16)10-13-4-2-1-3-5-13/h2-9,17H,10-12H2,1H3;1-9,16H,10-12H2/t17-;16-/m00/s1. The number of carbonyl (C=O) groups excluding carboxylic acids is 2. The Morgan fingerprint density at radius 2 is 1.07 bits per heavy atom. The zero-order valence-electron chi connectivity index (χ0n) is 24.4. The third-order valence-corrected chi connectivity index (χ3v) is 7.53. The van der Waals surface area contributed by atoms with Gasteiger partial charge in [0.05, 0.1) is 20.2 Å². The third kappa shape index (κ3) is 8.27. The molecule has 0 unspecified atom stereocenters. The lowest BCUT2D eigenvalue weighted by atomic mass is 10.1. The summed E-state index contributed by atoms with van der Waals surface area (Å²) in [6.07, 6.45) is -0.432. The summed E-state index contributed by atoms with van der Waals surface area (Å²) in [6, 6.07) is 29.9. The lowest BCUT2D eigenvalue weighted by molar-refractivity contribution is -0.150. The highest BCUT2D eigenvalue weighted by atomic mass is 19.1. The fourth-order valence-electron chi connectivity index (χ4n) is 5.05. The highest BCUT2D eigenvalue weighted by molar-refractivity contribution is 5.78. The van der Waals surface area contributed by atoms with Crippen molar-refractivity contribution in [3.8, 4) is 5.75 Å². The van der Waals surface area contributed by atoms with Crippen molar-refractivity contribution in [3.63, 3.8) is 0 Å².